The van der Waals surface area contributed by atoms with Crippen LogP contribution < -0.4 is 0 Å². The highest BCUT2D eigenvalue weighted by Gasteiger charge is 2.30. The maximum Gasteiger partial charge on any atom is 0.306 e. The standard InChI is InChI=1S/C22H22F2O2/c23-22(24)14-12-20(13-15-22)19-9-6-17(7-10-19)8-11-21(25)26-16-18-4-2-1-3-5-18/h1-7,9-10,12H,8,11,13-16H2. The number of allylic oxidation sites excluding steroid dienone is 2. The molecule has 26 heavy (non-hydrogen) atoms. The highest BCUT2D eigenvalue weighted by atomic mass is 19.3. The number of aryl methyl sites for hydroxylation is 1. The first-order valence-electron chi connectivity index (χ1n) is 8.88. The SMILES string of the molecule is O=C(CCc1ccc(C2=CCC(F)(F)CC2)cc1)OCc1ccccc1. The largest absolute Gasteiger partial charge is 0.461 e. The van der Waals surface area contributed by atoms with E-state index in [2.05, 4.69) is 0 Å². The smallest absolute Gasteiger partial charge is 0.306 e. The number of hydrogen-bond acceptors (Lipinski definition) is 2. The third kappa shape index (κ3) is 5.25. The van der Waals surface area contributed by atoms with Gasteiger partial charge in [0.15, 0.2) is 0 Å². The van der Waals surface area contributed by atoms with Gasteiger partial charge in [-0.25, -0.2) is 8.78 Å². The van der Waals surface area contributed by atoms with Crippen LogP contribution in [0.4, 0.5) is 8.78 Å². The number of alkyl halides is 2. The van der Waals surface area contributed by atoms with Gasteiger partial charge in [0.05, 0.1) is 0 Å². The molecule has 0 fully saturated rings. The summed E-state index contributed by atoms with van der Waals surface area (Å²) in [4.78, 5) is 11.9. The van der Waals surface area contributed by atoms with Crippen molar-refractivity contribution in [3.05, 3.63) is 77.4 Å². The second-order valence-electron chi connectivity index (χ2n) is 6.63. The third-order valence-electron chi connectivity index (χ3n) is 4.59. The Bertz CT molecular complexity index is 764. The second kappa shape index (κ2) is 8.26. The average molecular weight is 356 g/mol. The lowest BCUT2D eigenvalue weighted by Crippen LogP contribution is -2.18. The van der Waals surface area contributed by atoms with Crippen molar-refractivity contribution >= 4 is 11.5 Å². The Balaban J connectivity index is 1.47. The normalized spacial score (nSPS) is 16.0. The Morgan fingerprint density at radius 1 is 1.00 bits per heavy atom. The van der Waals surface area contributed by atoms with Crippen LogP contribution in [0, 0.1) is 0 Å². The summed E-state index contributed by atoms with van der Waals surface area (Å²) in [5, 5.41) is 0. The van der Waals surface area contributed by atoms with Crippen molar-refractivity contribution in [1.29, 1.82) is 0 Å². The molecule has 2 aromatic rings. The molecule has 1 aliphatic rings. The molecular formula is C22H22F2O2. The number of ether oxygens (including phenoxy) is 1. The van der Waals surface area contributed by atoms with Crippen LogP contribution in [-0.2, 0) is 22.6 Å². The number of halogens is 2. The van der Waals surface area contributed by atoms with Gasteiger partial charge in [-0.05, 0) is 35.1 Å². The molecule has 0 amide bonds. The summed E-state index contributed by atoms with van der Waals surface area (Å²) < 4.78 is 31.7. The highest BCUT2D eigenvalue weighted by molar-refractivity contribution is 5.70. The number of rotatable bonds is 6. The third-order valence-corrected chi connectivity index (χ3v) is 4.59. The fourth-order valence-electron chi connectivity index (χ4n) is 3.00. The molecule has 0 bridgehead atoms. The number of carbonyl (C=O) groups excluding carboxylic acids is 1. The van der Waals surface area contributed by atoms with E-state index < -0.39 is 5.92 Å². The van der Waals surface area contributed by atoms with Gasteiger partial charge in [-0.2, -0.15) is 0 Å². The summed E-state index contributed by atoms with van der Waals surface area (Å²) in [6.45, 7) is 0.289. The number of hydrogen-bond donors (Lipinski definition) is 0. The first-order chi connectivity index (χ1) is 12.5. The highest BCUT2D eigenvalue weighted by Crippen LogP contribution is 2.36. The Kier molecular flexibility index (Phi) is 5.82. The van der Waals surface area contributed by atoms with Crippen LogP contribution in [0.15, 0.2) is 60.7 Å². The minimum absolute atomic E-state index is 0.0894. The molecule has 0 aromatic heterocycles. The zero-order chi connectivity index (χ0) is 18.4. The lowest BCUT2D eigenvalue weighted by Gasteiger charge is -2.21. The molecule has 4 heteroatoms. The van der Waals surface area contributed by atoms with Crippen LogP contribution >= 0.6 is 0 Å². The van der Waals surface area contributed by atoms with E-state index in [-0.39, 0.29) is 25.4 Å². The van der Waals surface area contributed by atoms with Gasteiger partial charge in [0.2, 0.25) is 0 Å². The first-order valence-corrected chi connectivity index (χ1v) is 8.88. The van der Waals surface area contributed by atoms with E-state index in [0.717, 1.165) is 22.3 Å². The van der Waals surface area contributed by atoms with E-state index >= 15 is 0 Å². The molecule has 0 N–H and O–H groups in total. The summed E-state index contributed by atoms with van der Waals surface area (Å²) in [7, 11) is 0. The molecule has 0 saturated carbocycles. The lowest BCUT2D eigenvalue weighted by molar-refractivity contribution is -0.144. The van der Waals surface area contributed by atoms with E-state index in [0.29, 0.717) is 19.3 Å². The molecule has 3 rings (SSSR count). The molecule has 0 atom stereocenters. The van der Waals surface area contributed by atoms with Gasteiger partial charge in [-0.15, -0.1) is 0 Å². The van der Waals surface area contributed by atoms with Crippen molar-refractivity contribution in [1.82, 2.24) is 0 Å². The van der Waals surface area contributed by atoms with E-state index in [1.54, 1.807) is 6.08 Å². The molecule has 2 nitrogen and oxygen atoms in total. The van der Waals surface area contributed by atoms with Crippen LogP contribution in [0.2, 0.25) is 0 Å². The van der Waals surface area contributed by atoms with Crippen molar-refractivity contribution in [2.45, 2.75) is 44.6 Å². The number of carbonyl (C=O) groups is 1. The van der Waals surface area contributed by atoms with Crippen LogP contribution in [0.1, 0.15) is 42.4 Å². The fourth-order valence-corrected chi connectivity index (χ4v) is 3.00. The molecule has 1 aliphatic carbocycles. The van der Waals surface area contributed by atoms with Gasteiger partial charge in [0.1, 0.15) is 6.61 Å². The van der Waals surface area contributed by atoms with E-state index in [1.807, 2.05) is 54.6 Å². The molecule has 0 aliphatic heterocycles. The summed E-state index contributed by atoms with van der Waals surface area (Å²) in [6, 6.07) is 17.4. The van der Waals surface area contributed by atoms with Crippen molar-refractivity contribution < 1.29 is 18.3 Å². The van der Waals surface area contributed by atoms with Gasteiger partial charge in [0, 0.05) is 19.3 Å². The zero-order valence-corrected chi connectivity index (χ0v) is 14.6. The quantitative estimate of drug-likeness (QED) is 0.633. The molecule has 0 saturated heterocycles. The monoisotopic (exact) mass is 356 g/mol. The maximum absolute atomic E-state index is 13.2. The summed E-state index contributed by atoms with van der Waals surface area (Å²) in [5.41, 5.74) is 3.96. The second-order valence-corrected chi connectivity index (χ2v) is 6.63. The Morgan fingerprint density at radius 2 is 1.73 bits per heavy atom. The van der Waals surface area contributed by atoms with Gasteiger partial charge < -0.3 is 4.74 Å². The molecular weight excluding hydrogens is 334 g/mol. The number of benzene rings is 2. The summed E-state index contributed by atoms with van der Waals surface area (Å²) in [5.74, 6) is -2.79. The molecule has 0 unspecified atom stereocenters. The minimum atomic E-state index is -2.57. The van der Waals surface area contributed by atoms with Crippen LogP contribution in [0.25, 0.3) is 5.57 Å². The topological polar surface area (TPSA) is 26.3 Å². The fraction of sp³-hybridized carbons (Fsp3) is 0.318. The Labute approximate surface area is 152 Å². The predicted octanol–water partition coefficient (Wildman–Crippen LogP) is 5.57. The Morgan fingerprint density at radius 3 is 2.38 bits per heavy atom. The van der Waals surface area contributed by atoms with Gasteiger partial charge in [-0.1, -0.05) is 60.7 Å². The van der Waals surface area contributed by atoms with Gasteiger partial charge in [0.25, 0.3) is 5.92 Å². The summed E-state index contributed by atoms with van der Waals surface area (Å²) >= 11 is 0. The Hall–Kier alpha value is -2.49. The van der Waals surface area contributed by atoms with Gasteiger partial charge in [-0.3, -0.25) is 4.79 Å². The van der Waals surface area contributed by atoms with Crippen molar-refractivity contribution in [2.24, 2.45) is 0 Å². The van der Waals surface area contributed by atoms with Crippen LogP contribution in [0.3, 0.4) is 0 Å². The zero-order valence-electron chi connectivity index (χ0n) is 14.6. The van der Waals surface area contributed by atoms with E-state index in [4.69, 9.17) is 4.74 Å². The van der Waals surface area contributed by atoms with Crippen LogP contribution in [-0.4, -0.2) is 11.9 Å². The van der Waals surface area contributed by atoms with E-state index in [9.17, 15) is 13.6 Å². The van der Waals surface area contributed by atoms with Crippen molar-refractivity contribution in [3.63, 3.8) is 0 Å². The lowest BCUT2D eigenvalue weighted by atomic mass is 9.91. The number of esters is 1. The molecule has 2 aromatic carbocycles. The first kappa shape index (κ1) is 18.3. The van der Waals surface area contributed by atoms with Crippen molar-refractivity contribution in [3.8, 4) is 0 Å². The molecule has 0 heterocycles. The van der Waals surface area contributed by atoms with E-state index in [1.165, 1.54) is 0 Å². The molecule has 0 spiro atoms. The predicted molar refractivity (Wildman–Crippen MR) is 97.8 cm³/mol. The molecule has 0 radical (unpaired) electrons. The van der Waals surface area contributed by atoms with Gasteiger partial charge >= 0.3 is 5.97 Å². The van der Waals surface area contributed by atoms with Crippen LogP contribution in [0.5, 0.6) is 0 Å². The summed E-state index contributed by atoms with van der Waals surface area (Å²) in [6.07, 6.45) is 2.69. The molecule has 136 valence electrons. The van der Waals surface area contributed by atoms with Crippen molar-refractivity contribution in [2.75, 3.05) is 0 Å². The maximum atomic E-state index is 13.2. The average Bonchev–Trinajstić information content (AvgIpc) is 2.66. The minimum Gasteiger partial charge on any atom is -0.461 e.